The first-order chi connectivity index (χ1) is 8.08. The standard InChI is InChI=1S/C13H6F2O2/c14-6-1-2-8-9(3-6)13(17)10-4-7(15)5-11(16)12(8)10/h1-5,16H. The van der Waals surface area contributed by atoms with E-state index in [-0.39, 0.29) is 22.4 Å². The topological polar surface area (TPSA) is 37.3 Å². The summed E-state index contributed by atoms with van der Waals surface area (Å²) >= 11 is 0. The first-order valence-electron chi connectivity index (χ1n) is 4.95. The summed E-state index contributed by atoms with van der Waals surface area (Å²) in [7, 11) is 0. The van der Waals surface area contributed by atoms with Crippen LogP contribution in [0.25, 0.3) is 11.1 Å². The van der Waals surface area contributed by atoms with E-state index in [0.717, 1.165) is 18.2 Å². The Morgan fingerprint density at radius 2 is 1.59 bits per heavy atom. The summed E-state index contributed by atoms with van der Waals surface area (Å²) in [5.74, 6) is -2.00. The van der Waals surface area contributed by atoms with E-state index in [1.807, 2.05) is 0 Å². The van der Waals surface area contributed by atoms with E-state index in [1.165, 1.54) is 12.1 Å². The third-order valence-corrected chi connectivity index (χ3v) is 2.82. The number of rotatable bonds is 0. The quantitative estimate of drug-likeness (QED) is 0.647. The Morgan fingerprint density at radius 3 is 2.35 bits per heavy atom. The van der Waals surface area contributed by atoms with Gasteiger partial charge in [-0.2, -0.15) is 0 Å². The van der Waals surface area contributed by atoms with E-state index in [0.29, 0.717) is 5.56 Å². The zero-order chi connectivity index (χ0) is 12.2. The highest BCUT2D eigenvalue weighted by molar-refractivity contribution is 6.22. The summed E-state index contributed by atoms with van der Waals surface area (Å²) in [6.45, 7) is 0. The Bertz CT molecular complexity index is 663. The maximum Gasteiger partial charge on any atom is 0.194 e. The van der Waals surface area contributed by atoms with Gasteiger partial charge in [0.05, 0.1) is 0 Å². The van der Waals surface area contributed by atoms with Crippen LogP contribution in [-0.2, 0) is 0 Å². The molecule has 0 aromatic heterocycles. The van der Waals surface area contributed by atoms with Gasteiger partial charge in [0.15, 0.2) is 5.78 Å². The van der Waals surface area contributed by atoms with Gasteiger partial charge in [0.1, 0.15) is 17.4 Å². The number of carbonyl (C=O) groups is 1. The number of aromatic hydroxyl groups is 1. The van der Waals surface area contributed by atoms with Crippen LogP contribution in [-0.4, -0.2) is 10.9 Å². The first kappa shape index (κ1) is 9.96. The molecule has 2 aromatic carbocycles. The molecule has 17 heavy (non-hydrogen) atoms. The van der Waals surface area contributed by atoms with Gasteiger partial charge < -0.3 is 5.11 Å². The maximum absolute atomic E-state index is 13.1. The molecule has 0 bridgehead atoms. The third-order valence-electron chi connectivity index (χ3n) is 2.82. The molecule has 0 saturated carbocycles. The minimum Gasteiger partial charge on any atom is -0.507 e. The Balaban J connectivity index is 2.39. The lowest BCUT2D eigenvalue weighted by Crippen LogP contribution is -1.96. The largest absolute Gasteiger partial charge is 0.507 e. The molecule has 84 valence electrons. The molecule has 4 heteroatoms. The van der Waals surface area contributed by atoms with Crippen LogP contribution < -0.4 is 0 Å². The van der Waals surface area contributed by atoms with Gasteiger partial charge in [0.2, 0.25) is 0 Å². The van der Waals surface area contributed by atoms with E-state index in [2.05, 4.69) is 0 Å². The van der Waals surface area contributed by atoms with Gasteiger partial charge in [-0.3, -0.25) is 4.79 Å². The molecule has 0 radical (unpaired) electrons. The predicted octanol–water partition coefficient (Wildman–Crippen LogP) is 2.88. The monoisotopic (exact) mass is 232 g/mol. The fraction of sp³-hybridized carbons (Fsp3) is 0. The van der Waals surface area contributed by atoms with E-state index < -0.39 is 17.4 Å². The average Bonchev–Trinajstić information content (AvgIpc) is 2.53. The van der Waals surface area contributed by atoms with Gasteiger partial charge in [-0.1, -0.05) is 6.07 Å². The molecule has 1 N–H and O–H groups in total. The zero-order valence-corrected chi connectivity index (χ0v) is 8.50. The molecular formula is C13H6F2O2. The number of hydrogen-bond donors (Lipinski definition) is 1. The van der Waals surface area contributed by atoms with Crippen molar-refractivity contribution in [2.45, 2.75) is 0 Å². The van der Waals surface area contributed by atoms with Crippen molar-refractivity contribution in [1.29, 1.82) is 0 Å². The number of carbonyl (C=O) groups excluding carboxylic acids is 1. The smallest absolute Gasteiger partial charge is 0.194 e. The van der Waals surface area contributed by atoms with Gasteiger partial charge in [-0.05, 0) is 23.8 Å². The number of benzene rings is 2. The number of phenols is 1. The molecule has 1 aliphatic carbocycles. The minimum atomic E-state index is -0.692. The van der Waals surface area contributed by atoms with Crippen LogP contribution in [0, 0.1) is 11.6 Å². The van der Waals surface area contributed by atoms with Crippen LogP contribution in [0.1, 0.15) is 15.9 Å². The lowest BCUT2D eigenvalue weighted by atomic mass is 10.0. The summed E-state index contributed by atoms with van der Waals surface area (Å²) in [5.41, 5.74) is 0.930. The van der Waals surface area contributed by atoms with Gasteiger partial charge in [0, 0.05) is 22.8 Å². The number of phenolic OH excluding ortho intramolecular Hbond substituents is 1. The fourth-order valence-corrected chi connectivity index (χ4v) is 2.12. The summed E-state index contributed by atoms with van der Waals surface area (Å²) in [6, 6.07) is 5.69. The zero-order valence-electron chi connectivity index (χ0n) is 8.50. The van der Waals surface area contributed by atoms with Crippen molar-refractivity contribution in [3.8, 4) is 16.9 Å². The van der Waals surface area contributed by atoms with Gasteiger partial charge >= 0.3 is 0 Å². The summed E-state index contributed by atoms with van der Waals surface area (Å²) < 4.78 is 26.2. The fourth-order valence-electron chi connectivity index (χ4n) is 2.12. The molecule has 0 aliphatic heterocycles. The Labute approximate surface area is 95.1 Å². The minimum absolute atomic E-state index is 0.0723. The van der Waals surface area contributed by atoms with Gasteiger partial charge in [-0.25, -0.2) is 8.78 Å². The number of ketones is 1. The normalized spacial score (nSPS) is 12.5. The van der Waals surface area contributed by atoms with Crippen molar-refractivity contribution >= 4 is 5.78 Å². The molecule has 0 heterocycles. The number of halogens is 2. The highest BCUT2D eigenvalue weighted by Crippen LogP contribution is 2.42. The van der Waals surface area contributed by atoms with Crippen molar-refractivity contribution < 1.29 is 18.7 Å². The molecule has 0 saturated heterocycles. The molecule has 3 rings (SSSR count). The van der Waals surface area contributed by atoms with Crippen molar-refractivity contribution in [3.05, 3.63) is 53.1 Å². The van der Waals surface area contributed by atoms with E-state index in [4.69, 9.17) is 0 Å². The van der Waals surface area contributed by atoms with Crippen molar-refractivity contribution in [1.82, 2.24) is 0 Å². The van der Waals surface area contributed by atoms with Crippen molar-refractivity contribution in [2.75, 3.05) is 0 Å². The summed E-state index contributed by atoms with van der Waals surface area (Å²) in [6.07, 6.45) is 0. The highest BCUT2D eigenvalue weighted by Gasteiger charge is 2.30. The van der Waals surface area contributed by atoms with Crippen LogP contribution in [0.2, 0.25) is 0 Å². The second-order valence-corrected chi connectivity index (χ2v) is 3.87. The van der Waals surface area contributed by atoms with Crippen LogP contribution in [0.3, 0.4) is 0 Å². The number of hydrogen-bond acceptors (Lipinski definition) is 2. The van der Waals surface area contributed by atoms with Gasteiger partial charge in [0.25, 0.3) is 0 Å². The summed E-state index contributed by atoms with van der Waals surface area (Å²) in [4.78, 5) is 11.9. The van der Waals surface area contributed by atoms with Gasteiger partial charge in [-0.15, -0.1) is 0 Å². The van der Waals surface area contributed by atoms with E-state index >= 15 is 0 Å². The summed E-state index contributed by atoms with van der Waals surface area (Å²) in [5, 5.41) is 9.66. The Morgan fingerprint density at radius 1 is 0.882 bits per heavy atom. The lowest BCUT2D eigenvalue weighted by molar-refractivity contribution is 0.104. The Hall–Kier alpha value is -2.23. The first-order valence-corrected chi connectivity index (χ1v) is 4.95. The van der Waals surface area contributed by atoms with E-state index in [1.54, 1.807) is 0 Å². The highest BCUT2D eigenvalue weighted by atomic mass is 19.1. The molecule has 0 amide bonds. The lowest BCUT2D eigenvalue weighted by Gasteiger charge is -2.02. The SMILES string of the molecule is O=C1c2cc(F)ccc2-c2c(O)cc(F)cc21. The molecule has 0 spiro atoms. The second kappa shape index (κ2) is 3.13. The maximum atomic E-state index is 13.1. The number of fused-ring (bicyclic) bond motifs is 3. The molecule has 2 nitrogen and oxygen atoms in total. The third kappa shape index (κ3) is 1.27. The Kier molecular flexibility index (Phi) is 1.84. The molecule has 0 unspecified atom stereocenters. The van der Waals surface area contributed by atoms with Crippen molar-refractivity contribution in [3.63, 3.8) is 0 Å². The molecule has 0 atom stereocenters. The van der Waals surface area contributed by atoms with Crippen molar-refractivity contribution in [2.24, 2.45) is 0 Å². The van der Waals surface area contributed by atoms with Crippen LogP contribution in [0.4, 0.5) is 8.78 Å². The molecule has 2 aromatic rings. The van der Waals surface area contributed by atoms with Crippen LogP contribution in [0.5, 0.6) is 5.75 Å². The second-order valence-electron chi connectivity index (χ2n) is 3.87. The molecular weight excluding hydrogens is 226 g/mol. The van der Waals surface area contributed by atoms with Crippen LogP contribution >= 0.6 is 0 Å². The molecule has 1 aliphatic rings. The average molecular weight is 232 g/mol. The molecule has 0 fully saturated rings. The predicted molar refractivity (Wildman–Crippen MR) is 56.9 cm³/mol. The van der Waals surface area contributed by atoms with Crippen LogP contribution in [0.15, 0.2) is 30.3 Å². The van der Waals surface area contributed by atoms with E-state index in [9.17, 15) is 18.7 Å².